The summed E-state index contributed by atoms with van der Waals surface area (Å²) in [6.07, 6.45) is 8.03. The Morgan fingerprint density at radius 3 is 2.77 bits per heavy atom. The largest absolute Gasteiger partial charge is 0.469 e. The van der Waals surface area contributed by atoms with E-state index in [1.807, 2.05) is 12.1 Å². The minimum atomic E-state index is -0.140. The van der Waals surface area contributed by atoms with Crippen LogP contribution in [0.5, 0.6) is 11.5 Å². The van der Waals surface area contributed by atoms with Gasteiger partial charge in [0.1, 0.15) is 0 Å². The van der Waals surface area contributed by atoms with Crippen LogP contribution in [0.15, 0.2) is 18.2 Å². The van der Waals surface area contributed by atoms with Gasteiger partial charge in [-0.2, -0.15) is 0 Å². The number of fused-ring (bicyclic) bond motifs is 1. The van der Waals surface area contributed by atoms with E-state index in [0.29, 0.717) is 12.3 Å². The first-order valence-electron chi connectivity index (χ1n) is 8.22. The van der Waals surface area contributed by atoms with Gasteiger partial charge in [-0.1, -0.05) is 38.2 Å². The lowest BCUT2D eigenvalue weighted by Gasteiger charge is -2.26. The molecule has 3 rings (SSSR count). The van der Waals surface area contributed by atoms with Crippen molar-refractivity contribution < 1.29 is 19.0 Å². The minimum Gasteiger partial charge on any atom is -0.469 e. The van der Waals surface area contributed by atoms with E-state index in [2.05, 4.69) is 6.07 Å². The van der Waals surface area contributed by atoms with Crippen molar-refractivity contribution in [2.75, 3.05) is 13.9 Å². The molecular weight excluding hydrogens is 280 g/mol. The maximum Gasteiger partial charge on any atom is 0.306 e. The maximum absolute atomic E-state index is 11.8. The number of methoxy groups -OCH3 is 1. The summed E-state index contributed by atoms with van der Waals surface area (Å²) in [5, 5.41) is 0. The second-order valence-corrected chi connectivity index (χ2v) is 6.33. The molecule has 1 unspecified atom stereocenters. The van der Waals surface area contributed by atoms with E-state index in [1.54, 1.807) is 0 Å². The van der Waals surface area contributed by atoms with E-state index in [4.69, 9.17) is 14.2 Å². The molecule has 1 aliphatic heterocycles. The zero-order valence-electron chi connectivity index (χ0n) is 13.2. The molecule has 1 saturated carbocycles. The Kier molecular flexibility index (Phi) is 4.86. The third-order valence-electron chi connectivity index (χ3n) is 4.85. The first-order valence-corrected chi connectivity index (χ1v) is 8.22. The van der Waals surface area contributed by atoms with Crippen LogP contribution in [-0.2, 0) is 9.53 Å². The van der Waals surface area contributed by atoms with Crippen molar-refractivity contribution in [1.29, 1.82) is 0 Å². The van der Waals surface area contributed by atoms with Crippen LogP contribution in [0.25, 0.3) is 0 Å². The lowest BCUT2D eigenvalue weighted by atomic mass is 9.79. The molecule has 0 aromatic heterocycles. The first kappa shape index (κ1) is 15.2. The summed E-state index contributed by atoms with van der Waals surface area (Å²) in [6, 6.07) is 6.03. The van der Waals surface area contributed by atoms with Crippen molar-refractivity contribution in [3.05, 3.63) is 23.8 Å². The highest BCUT2D eigenvalue weighted by molar-refractivity contribution is 5.70. The molecule has 4 nitrogen and oxygen atoms in total. The molecule has 0 spiro atoms. The molecule has 22 heavy (non-hydrogen) atoms. The second-order valence-electron chi connectivity index (χ2n) is 6.33. The minimum absolute atomic E-state index is 0.140. The SMILES string of the molecule is COC(=O)CC(CC1CCCCC1)c1ccc2c(c1)OCO2. The Morgan fingerprint density at radius 1 is 1.23 bits per heavy atom. The number of esters is 1. The van der Waals surface area contributed by atoms with Crippen LogP contribution in [0.1, 0.15) is 56.4 Å². The average molecular weight is 304 g/mol. The van der Waals surface area contributed by atoms with Gasteiger partial charge < -0.3 is 14.2 Å². The van der Waals surface area contributed by atoms with E-state index in [1.165, 1.54) is 39.2 Å². The summed E-state index contributed by atoms with van der Waals surface area (Å²) in [7, 11) is 1.46. The van der Waals surface area contributed by atoms with Crippen LogP contribution in [0, 0.1) is 5.92 Å². The van der Waals surface area contributed by atoms with Crippen LogP contribution >= 0.6 is 0 Å². The number of hydrogen-bond acceptors (Lipinski definition) is 4. The number of ether oxygens (including phenoxy) is 3. The summed E-state index contributed by atoms with van der Waals surface area (Å²) in [5.74, 6) is 2.35. The summed E-state index contributed by atoms with van der Waals surface area (Å²) in [4.78, 5) is 11.8. The van der Waals surface area contributed by atoms with Crippen molar-refractivity contribution in [2.24, 2.45) is 5.92 Å². The lowest BCUT2D eigenvalue weighted by molar-refractivity contribution is -0.141. The van der Waals surface area contributed by atoms with Gasteiger partial charge in [0.15, 0.2) is 11.5 Å². The highest BCUT2D eigenvalue weighted by Crippen LogP contribution is 2.39. The molecule has 1 atom stereocenters. The molecule has 1 aromatic rings. The Bertz CT molecular complexity index is 520. The molecule has 0 radical (unpaired) electrons. The third-order valence-corrected chi connectivity index (χ3v) is 4.85. The van der Waals surface area contributed by atoms with E-state index < -0.39 is 0 Å². The third kappa shape index (κ3) is 3.54. The molecule has 1 aromatic carbocycles. The molecule has 4 heteroatoms. The standard InChI is InChI=1S/C18H24O4/c1-20-18(19)11-15(9-13-5-3-2-4-6-13)14-7-8-16-17(10-14)22-12-21-16/h7-8,10,13,15H,2-6,9,11-12H2,1H3. The molecule has 1 heterocycles. The van der Waals surface area contributed by atoms with Crippen molar-refractivity contribution >= 4 is 5.97 Å². The normalized spacial score (nSPS) is 19.0. The van der Waals surface area contributed by atoms with Gasteiger partial charge in [0.05, 0.1) is 13.5 Å². The number of carbonyl (C=O) groups is 1. The molecule has 0 N–H and O–H groups in total. The molecule has 0 saturated heterocycles. The van der Waals surface area contributed by atoms with Crippen LogP contribution in [0.4, 0.5) is 0 Å². The Morgan fingerprint density at radius 2 is 2.00 bits per heavy atom. The van der Waals surface area contributed by atoms with Gasteiger partial charge in [0.2, 0.25) is 6.79 Å². The summed E-state index contributed by atoms with van der Waals surface area (Å²) in [6.45, 7) is 0.281. The zero-order chi connectivity index (χ0) is 15.4. The predicted octanol–water partition coefficient (Wildman–Crippen LogP) is 4.03. The van der Waals surface area contributed by atoms with Gasteiger partial charge in [-0.3, -0.25) is 4.79 Å². The lowest BCUT2D eigenvalue weighted by Crippen LogP contribution is -2.15. The van der Waals surface area contributed by atoms with Gasteiger partial charge >= 0.3 is 5.97 Å². The molecule has 1 fully saturated rings. The van der Waals surface area contributed by atoms with Gasteiger partial charge in [-0.15, -0.1) is 0 Å². The number of hydrogen-bond donors (Lipinski definition) is 0. The smallest absolute Gasteiger partial charge is 0.306 e. The highest BCUT2D eigenvalue weighted by Gasteiger charge is 2.24. The Balaban J connectivity index is 1.76. The maximum atomic E-state index is 11.8. The molecule has 120 valence electrons. The summed E-state index contributed by atoms with van der Waals surface area (Å²) < 4.78 is 15.7. The van der Waals surface area contributed by atoms with Crippen LogP contribution < -0.4 is 9.47 Å². The van der Waals surface area contributed by atoms with E-state index in [-0.39, 0.29) is 18.7 Å². The van der Waals surface area contributed by atoms with Crippen molar-refractivity contribution in [2.45, 2.75) is 50.9 Å². The van der Waals surface area contributed by atoms with Crippen LogP contribution in [0.2, 0.25) is 0 Å². The topological polar surface area (TPSA) is 44.8 Å². The van der Waals surface area contributed by atoms with Crippen molar-refractivity contribution in [3.8, 4) is 11.5 Å². The highest BCUT2D eigenvalue weighted by atomic mass is 16.7. The van der Waals surface area contributed by atoms with Gasteiger partial charge in [0, 0.05) is 0 Å². The van der Waals surface area contributed by atoms with Crippen molar-refractivity contribution in [3.63, 3.8) is 0 Å². The van der Waals surface area contributed by atoms with Crippen LogP contribution in [0.3, 0.4) is 0 Å². The molecule has 0 bridgehead atoms. The van der Waals surface area contributed by atoms with Gasteiger partial charge in [-0.05, 0) is 36.0 Å². The molecule has 1 aliphatic carbocycles. The number of benzene rings is 1. The Hall–Kier alpha value is -1.71. The predicted molar refractivity (Wildman–Crippen MR) is 83.1 cm³/mol. The number of rotatable bonds is 5. The van der Waals surface area contributed by atoms with Gasteiger partial charge in [-0.25, -0.2) is 0 Å². The average Bonchev–Trinajstić information content (AvgIpc) is 3.02. The fourth-order valence-electron chi connectivity index (χ4n) is 3.61. The quantitative estimate of drug-likeness (QED) is 0.770. The molecular formula is C18H24O4. The van der Waals surface area contributed by atoms with E-state index in [9.17, 15) is 4.79 Å². The first-order chi connectivity index (χ1) is 10.8. The Labute approximate surface area is 131 Å². The van der Waals surface area contributed by atoms with E-state index in [0.717, 1.165) is 23.5 Å². The van der Waals surface area contributed by atoms with Gasteiger partial charge in [0.25, 0.3) is 0 Å². The summed E-state index contributed by atoms with van der Waals surface area (Å²) >= 11 is 0. The van der Waals surface area contributed by atoms with Crippen molar-refractivity contribution in [1.82, 2.24) is 0 Å². The molecule has 0 amide bonds. The van der Waals surface area contributed by atoms with E-state index >= 15 is 0 Å². The fraction of sp³-hybridized carbons (Fsp3) is 0.611. The monoisotopic (exact) mass is 304 g/mol. The van der Waals surface area contributed by atoms with Crippen LogP contribution in [-0.4, -0.2) is 19.9 Å². The zero-order valence-corrected chi connectivity index (χ0v) is 13.2. The molecule has 2 aliphatic rings. The fourth-order valence-corrected chi connectivity index (χ4v) is 3.61. The second kappa shape index (κ2) is 7.03. The summed E-state index contributed by atoms with van der Waals surface area (Å²) in [5.41, 5.74) is 1.15. The number of carbonyl (C=O) groups excluding carboxylic acids is 1.